The molecule has 0 fully saturated rings. The Kier molecular flexibility index (Phi) is 9.72. The smallest absolute Gasteiger partial charge is 0.151 e. The van der Waals surface area contributed by atoms with Crippen molar-refractivity contribution in [3.8, 4) is 0 Å². The number of aliphatic hydroxyl groups is 1. The molecule has 0 aromatic carbocycles. The summed E-state index contributed by atoms with van der Waals surface area (Å²) < 4.78 is 28.4. The van der Waals surface area contributed by atoms with Crippen molar-refractivity contribution in [2.75, 3.05) is 38.4 Å². The molecule has 5 nitrogen and oxygen atoms in total. The van der Waals surface area contributed by atoms with Crippen molar-refractivity contribution in [3.05, 3.63) is 0 Å². The van der Waals surface area contributed by atoms with E-state index in [2.05, 4.69) is 5.32 Å². The lowest BCUT2D eigenvalue weighted by Crippen LogP contribution is -2.37. The van der Waals surface area contributed by atoms with Crippen LogP contribution in [0.4, 0.5) is 0 Å². The van der Waals surface area contributed by atoms with Gasteiger partial charge in [0.25, 0.3) is 0 Å². The van der Waals surface area contributed by atoms with Gasteiger partial charge in [-0.05, 0) is 25.8 Å². The minimum absolute atomic E-state index is 0.00890. The first-order chi connectivity index (χ1) is 8.05. The summed E-state index contributed by atoms with van der Waals surface area (Å²) in [6.45, 7) is 3.27. The second kappa shape index (κ2) is 9.82. The molecule has 0 radical (unpaired) electrons. The lowest BCUT2D eigenvalue weighted by Gasteiger charge is -2.17. The molecule has 6 heteroatoms. The molecule has 0 aliphatic heterocycles. The summed E-state index contributed by atoms with van der Waals surface area (Å²) in [5.41, 5.74) is 0. The third-order valence-corrected chi connectivity index (χ3v) is 4.24. The molecule has 0 heterocycles. The number of hydrogen-bond donors (Lipinski definition) is 2. The number of methoxy groups -OCH3 is 1. The minimum atomic E-state index is -3.06. The van der Waals surface area contributed by atoms with Crippen LogP contribution in [0.5, 0.6) is 0 Å². The van der Waals surface area contributed by atoms with E-state index in [1.807, 2.05) is 6.92 Å². The lowest BCUT2D eigenvalue weighted by atomic mass is 10.2. The molecule has 104 valence electrons. The van der Waals surface area contributed by atoms with E-state index in [-0.39, 0.29) is 24.2 Å². The monoisotopic (exact) mass is 267 g/mol. The Morgan fingerprint density at radius 2 is 2.12 bits per heavy atom. The standard InChI is InChI=1S/C11H25NO4S/c1-3-6-12-11(5-7-13)10-17(14,15)9-4-8-16-2/h11-13H,3-10H2,1-2H3. The highest BCUT2D eigenvalue weighted by Crippen LogP contribution is 2.02. The van der Waals surface area contributed by atoms with Crippen molar-refractivity contribution in [3.63, 3.8) is 0 Å². The van der Waals surface area contributed by atoms with Gasteiger partial charge in [-0.15, -0.1) is 0 Å². The average molecular weight is 267 g/mol. The first kappa shape index (κ1) is 16.8. The van der Waals surface area contributed by atoms with Gasteiger partial charge in [0, 0.05) is 26.4 Å². The summed E-state index contributed by atoms with van der Waals surface area (Å²) in [6.07, 6.45) is 1.95. The number of sulfone groups is 1. The topological polar surface area (TPSA) is 75.6 Å². The number of nitrogens with one attached hydrogen (secondary N) is 1. The van der Waals surface area contributed by atoms with Crippen LogP contribution in [0, 0.1) is 0 Å². The Hall–Kier alpha value is -0.170. The van der Waals surface area contributed by atoms with Crippen molar-refractivity contribution < 1.29 is 18.3 Å². The summed E-state index contributed by atoms with van der Waals surface area (Å²) in [7, 11) is -1.50. The summed E-state index contributed by atoms with van der Waals surface area (Å²) in [5, 5.41) is 12.0. The van der Waals surface area contributed by atoms with E-state index in [1.54, 1.807) is 7.11 Å². The molecule has 2 N–H and O–H groups in total. The fourth-order valence-corrected chi connectivity index (χ4v) is 3.18. The number of hydrogen-bond acceptors (Lipinski definition) is 5. The highest BCUT2D eigenvalue weighted by molar-refractivity contribution is 7.91. The van der Waals surface area contributed by atoms with E-state index in [4.69, 9.17) is 9.84 Å². The van der Waals surface area contributed by atoms with Gasteiger partial charge >= 0.3 is 0 Å². The van der Waals surface area contributed by atoms with Crippen LogP contribution in [0.25, 0.3) is 0 Å². The molecule has 0 aliphatic rings. The molecule has 0 aliphatic carbocycles. The third kappa shape index (κ3) is 9.52. The van der Waals surface area contributed by atoms with Gasteiger partial charge in [-0.2, -0.15) is 0 Å². The second-order valence-electron chi connectivity index (χ2n) is 4.12. The Morgan fingerprint density at radius 3 is 2.65 bits per heavy atom. The molecule has 0 aromatic rings. The fourth-order valence-electron chi connectivity index (χ4n) is 1.56. The van der Waals surface area contributed by atoms with E-state index in [1.165, 1.54) is 0 Å². The summed E-state index contributed by atoms with van der Waals surface area (Å²) in [4.78, 5) is 0. The van der Waals surface area contributed by atoms with E-state index < -0.39 is 9.84 Å². The van der Waals surface area contributed by atoms with Gasteiger partial charge in [-0.25, -0.2) is 8.42 Å². The maximum absolute atomic E-state index is 11.8. The SMILES string of the molecule is CCCNC(CCO)CS(=O)(=O)CCCOC. The minimum Gasteiger partial charge on any atom is -0.396 e. The van der Waals surface area contributed by atoms with Gasteiger partial charge in [-0.3, -0.25) is 0 Å². The molecule has 0 rings (SSSR count). The molecule has 17 heavy (non-hydrogen) atoms. The average Bonchev–Trinajstić information content (AvgIpc) is 2.26. The van der Waals surface area contributed by atoms with E-state index in [0.29, 0.717) is 19.4 Å². The molecule has 0 spiro atoms. The zero-order valence-electron chi connectivity index (χ0n) is 10.8. The van der Waals surface area contributed by atoms with Crippen molar-refractivity contribution in [1.82, 2.24) is 5.32 Å². The van der Waals surface area contributed by atoms with E-state index in [0.717, 1.165) is 13.0 Å². The van der Waals surface area contributed by atoms with Crippen LogP contribution in [0.2, 0.25) is 0 Å². The second-order valence-corrected chi connectivity index (χ2v) is 6.35. The maximum atomic E-state index is 11.8. The van der Waals surface area contributed by atoms with Crippen LogP contribution in [0.3, 0.4) is 0 Å². The quantitative estimate of drug-likeness (QED) is 0.523. The highest BCUT2D eigenvalue weighted by atomic mass is 32.2. The van der Waals surface area contributed by atoms with Gasteiger partial charge in [0.05, 0.1) is 11.5 Å². The molecule has 1 atom stereocenters. The normalized spacial score (nSPS) is 13.8. The highest BCUT2D eigenvalue weighted by Gasteiger charge is 2.18. The molecule has 0 amide bonds. The van der Waals surface area contributed by atoms with Crippen LogP contribution in [-0.4, -0.2) is 57.9 Å². The number of aliphatic hydroxyl groups excluding tert-OH is 1. The Labute approximate surface area is 104 Å². The van der Waals surface area contributed by atoms with Gasteiger partial charge < -0.3 is 15.2 Å². The maximum Gasteiger partial charge on any atom is 0.151 e. The van der Waals surface area contributed by atoms with Crippen LogP contribution in [0.15, 0.2) is 0 Å². The summed E-state index contributed by atoms with van der Waals surface area (Å²) >= 11 is 0. The number of rotatable bonds is 11. The van der Waals surface area contributed by atoms with E-state index in [9.17, 15) is 8.42 Å². The third-order valence-electron chi connectivity index (χ3n) is 2.42. The summed E-state index contributed by atoms with van der Waals surface area (Å²) in [6, 6.07) is -0.146. The van der Waals surface area contributed by atoms with Crippen LogP contribution in [0.1, 0.15) is 26.2 Å². The number of ether oxygens (including phenoxy) is 1. The molecule has 0 bridgehead atoms. The predicted octanol–water partition coefficient (Wildman–Crippen LogP) is 0.188. The van der Waals surface area contributed by atoms with Crippen LogP contribution >= 0.6 is 0 Å². The van der Waals surface area contributed by atoms with Gasteiger partial charge in [0.1, 0.15) is 0 Å². The Morgan fingerprint density at radius 1 is 1.41 bits per heavy atom. The van der Waals surface area contributed by atoms with Crippen molar-refractivity contribution in [2.45, 2.75) is 32.2 Å². The molecule has 0 saturated heterocycles. The Balaban J connectivity index is 4.11. The van der Waals surface area contributed by atoms with Crippen molar-refractivity contribution in [2.24, 2.45) is 0 Å². The largest absolute Gasteiger partial charge is 0.396 e. The molecular formula is C11H25NO4S. The zero-order chi connectivity index (χ0) is 13.1. The molecule has 0 saturated carbocycles. The fraction of sp³-hybridized carbons (Fsp3) is 1.00. The van der Waals surface area contributed by atoms with Gasteiger partial charge in [0.15, 0.2) is 9.84 Å². The molecule has 1 unspecified atom stereocenters. The van der Waals surface area contributed by atoms with Gasteiger partial charge in [-0.1, -0.05) is 6.92 Å². The van der Waals surface area contributed by atoms with Gasteiger partial charge in [0.2, 0.25) is 0 Å². The lowest BCUT2D eigenvalue weighted by molar-refractivity contribution is 0.199. The van der Waals surface area contributed by atoms with E-state index >= 15 is 0 Å². The van der Waals surface area contributed by atoms with Crippen molar-refractivity contribution >= 4 is 9.84 Å². The first-order valence-electron chi connectivity index (χ1n) is 6.09. The molecule has 0 aromatic heterocycles. The predicted molar refractivity (Wildman–Crippen MR) is 68.9 cm³/mol. The molecular weight excluding hydrogens is 242 g/mol. The summed E-state index contributed by atoms with van der Waals surface area (Å²) in [5.74, 6) is 0.244. The zero-order valence-corrected chi connectivity index (χ0v) is 11.6. The Bertz CT molecular complexity index is 267. The van der Waals surface area contributed by atoms with Crippen LogP contribution in [-0.2, 0) is 14.6 Å². The van der Waals surface area contributed by atoms with Crippen LogP contribution < -0.4 is 5.32 Å². The first-order valence-corrected chi connectivity index (χ1v) is 7.91. The van der Waals surface area contributed by atoms with Crippen molar-refractivity contribution in [1.29, 1.82) is 0 Å².